The van der Waals surface area contributed by atoms with E-state index in [-0.39, 0.29) is 11.7 Å². The number of nitro benzene ring substituents is 1. The Balaban J connectivity index is 2.92. The van der Waals surface area contributed by atoms with Gasteiger partial charge in [-0.15, -0.1) is 0 Å². The second-order valence-electron chi connectivity index (χ2n) is 4.49. The molecule has 5 nitrogen and oxygen atoms in total. The Bertz CT molecular complexity index is 448. The summed E-state index contributed by atoms with van der Waals surface area (Å²) < 4.78 is 0. The molecule has 0 aliphatic carbocycles. The number of hydrogen-bond acceptors (Lipinski definition) is 4. The fourth-order valence-electron chi connectivity index (χ4n) is 1.95. The van der Waals surface area contributed by atoms with E-state index in [0.29, 0.717) is 4.99 Å². The third kappa shape index (κ3) is 4.25. The van der Waals surface area contributed by atoms with Crippen molar-refractivity contribution in [2.24, 2.45) is 5.73 Å². The molecule has 1 aromatic rings. The molecule has 0 radical (unpaired) electrons. The number of hydrogen-bond donors (Lipinski definition) is 1. The van der Waals surface area contributed by atoms with Gasteiger partial charge in [-0.25, -0.2) is 0 Å². The molecule has 6 heteroatoms. The highest BCUT2D eigenvalue weighted by Gasteiger charge is 2.20. The number of benzene rings is 1. The highest BCUT2D eigenvalue weighted by atomic mass is 32.1. The van der Waals surface area contributed by atoms with Crippen molar-refractivity contribution in [2.75, 3.05) is 13.6 Å². The third-order valence-corrected chi connectivity index (χ3v) is 3.22. The van der Waals surface area contributed by atoms with E-state index in [2.05, 4.69) is 11.8 Å². The van der Waals surface area contributed by atoms with Gasteiger partial charge in [0.05, 0.1) is 16.0 Å². The summed E-state index contributed by atoms with van der Waals surface area (Å²) in [5, 5.41) is 10.6. The molecule has 0 amide bonds. The maximum absolute atomic E-state index is 10.6. The maximum atomic E-state index is 10.6. The normalized spacial score (nSPS) is 12.4. The third-order valence-electron chi connectivity index (χ3n) is 2.99. The first-order chi connectivity index (χ1) is 8.97. The number of rotatable bonds is 7. The molecular weight excluding hydrogens is 262 g/mol. The lowest BCUT2D eigenvalue weighted by atomic mass is 10.0. The monoisotopic (exact) mass is 281 g/mol. The average Bonchev–Trinajstić information content (AvgIpc) is 2.36. The molecule has 0 saturated carbocycles. The molecule has 0 aliphatic rings. The highest BCUT2D eigenvalue weighted by Crippen LogP contribution is 2.23. The summed E-state index contributed by atoms with van der Waals surface area (Å²) in [6.45, 7) is 3.00. The summed E-state index contributed by atoms with van der Waals surface area (Å²) >= 11 is 5.11. The fourth-order valence-corrected chi connectivity index (χ4v) is 2.27. The van der Waals surface area contributed by atoms with Gasteiger partial charge in [-0.2, -0.15) is 0 Å². The van der Waals surface area contributed by atoms with Crippen LogP contribution in [0.5, 0.6) is 0 Å². The van der Waals surface area contributed by atoms with Crippen molar-refractivity contribution in [2.45, 2.75) is 25.8 Å². The average molecular weight is 281 g/mol. The number of likely N-dealkylation sites (N-methyl/N-ethyl adjacent to an activating group) is 1. The molecule has 1 atom stereocenters. The van der Waals surface area contributed by atoms with Crippen LogP contribution in [0.25, 0.3) is 0 Å². The van der Waals surface area contributed by atoms with E-state index < -0.39 is 4.92 Å². The number of nitro groups is 1. The van der Waals surface area contributed by atoms with E-state index in [4.69, 9.17) is 18.0 Å². The lowest BCUT2D eigenvalue weighted by Gasteiger charge is -2.27. The summed E-state index contributed by atoms with van der Waals surface area (Å²) in [7, 11) is 1.96. The van der Waals surface area contributed by atoms with Gasteiger partial charge in [-0.3, -0.25) is 15.0 Å². The minimum atomic E-state index is -0.416. The number of nitrogens with two attached hydrogens (primary N) is 1. The second-order valence-corrected chi connectivity index (χ2v) is 4.96. The van der Waals surface area contributed by atoms with E-state index in [0.717, 1.165) is 24.9 Å². The first-order valence-electron chi connectivity index (χ1n) is 6.21. The smallest absolute Gasteiger partial charge is 0.269 e. The maximum Gasteiger partial charge on any atom is 0.269 e. The van der Waals surface area contributed by atoms with E-state index >= 15 is 0 Å². The molecule has 0 spiro atoms. The van der Waals surface area contributed by atoms with Crippen molar-refractivity contribution >= 4 is 22.9 Å². The predicted molar refractivity (Wildman–Crippen MR) is 80.2 cm³/mol. The summed E-state index contributed by atoms with van der Waals surface area (Å²) in [6, 6.07) is 6.21. The summed E-state index contributed by atoms with van der Waals surface area (Å²) in [5.41, 5.74) is 6.75. The van der Waals surface area contributed by atoms with Gasteiger partial charge in [-0.1, -0.05) is 37.7 Å². The molecule has 0 bridgehead atoms. The molecule has 0 fully saturated rings. The van der Waals surface area contributed by atoms with Crippen LogP contribution in [-0.4, -0.2) is 28.4 Å². The molecule has 1 rings (SSSR count). The van der Waals surface area contributed by atoms with Gasteiger partial charge in [0.2, 0.25) is 0 Å². The van der Waals surface area contributed by atoms with E-state index in [1.54, 1.807) is 12.1 Å². The number of thiocarbonyl (C=S) groups is 1. The molecule has 19 heavy (non-hydrogen) atoms. The predicted octanol–water partition coefficient (Wildman–Crippen LogP) is 2.65. The quantitative estimate of drug-likeness (QED) is 0.472. The van der Waals surface area contributed by atoms with Crippen LogP contribution in [0.3, 0.4) is 0 Å². The standard InChI is InChI=1S/C13H19N3O2S/c1-3-4-9-15(2)12(13(14)19)10-5-7-11(8-6-10)16(17)18/h5-8,12H,3-4,9H2,1-2H3,(H2,14,19). The Morgan fingerprint density at radius 1 is 1.47 bits per heavy atom. The first kappa shape index (κ1) is 15.5. The minimum Gasteiger partial charge on any atom is -0.392 e. The molecule has 1 aromatic carbocycles. The largest absolute Gasteiger partial charge is 0.392 e. The topological polar surface area (TPSA) is 72.4 Å². The molecule has 0 heterocycles. The summed E-state index contributed by atoms with van der Waals surface area (Å²) in [5.74, 6) is 0. The van der Waals surface area contributed by atoms with Crippen LogP contribution < -0.4 is 5.73 Å². The van der Waals surface area contributed by atoms with E-state index in [1.165, 1.54) is 12.1 Å². The highest BCUT2D eigenvalue weighted by molar-refractivity contribution is 7.80. The Kier molecular flexibility index (Phi) is 5.85. The van der Waals surface area contributed by atoms with Gasteiger partial charge in [0.1, 0.15) is 0 Å². The lowest BCUT2D eigenvalue weighted by molar-refractivity contribution is -0.384. The first-order valence-corrected chi connectivity index (χ1v) is 6.62. The zero-order chi connectivity index (χ0) is 14.4. The zero-order valence-electron chi connectivity index (χ0n) is 11.2. The van der Waals surface area contributed by atoms with Gasteiger partial charge in [0, 0.05) is 12.1 Å². The van der Waals surface area contributed by atoms with E-state index in [1.807, 2.05) is 7.05 Å². The van der Waals surface area contributed by atoms with Crippen LogP contribution >= 0.6 is 12.2 Å². The van der Waals surface area contributed by atoms with E-state index in [9.17, 15) is 10.1 Å². The lowest BCUT2D eigenvalue weighted by Crippen LogP contribution is -2.34. The van der Waals surface area contributed by atoms with Crippen LogP contribution in [-0.2, 0) is 0 Å². The van der Waals surface area contributed by atoms with Gasteiger partial charge in [0.25, 0.3) is 5.69 Å². The Labute approximate surface area is 118 Å². The second kappa shape index (κ2) is 7.16. The Morgan fingerprint density at radius 2 is 2.05 bits per heavy atom. The molecule has 2 N–H and O–H groups in total. The van der Waals surface area contributed by atoms with Crippen molar-refractivity contribution in [3.8, 4) is 0 Å². The number of non-ortho nitro benzene ring substituents is 1. The molecule has 0 saturated heterocycles. The van der Waals surface area contributed by atoms with Gasteiger partial charge in [-0.05, 0) is 25.6 Å². The SMILES string of the molecule is CCCCN(C)C(C(N)=S)c1ccc([N+](=O)[O-])cc1. The van der Waals surface area contributed by atoms with Crippen molar-refractivity contribution in [3.05, 3.63) is 39.9 Å². The van der Waals surface area contributed by atoms with Crippen molar-refractivity contribution in [1.82, 2.24) is 4.90 Å². The Hall–Kier alpha value is -1.53. The summed E-state index contributed by atoms with van der Waals surface area (Å²) in [6.07, 6.45) is 2.15. The van der Waals surface area contributed by atoms with Gasteiger partial charge in [0.15, 0.2) is 0 Å². The van der Waals surface area contributed by atoms with Crippen molar-refractivity contribution in [1.29, 1.82) is 0 Å². The summed E-state index contributed by atoms with van der Waals surface area (Å²) in [4.78, 5) is 12.7. The molecular formula is C13H19N3O2S. The molecule has 1 unspecified atom stereocenters. The zero-order valence-corrected chi connectivity index (χ0v) is 12.0. The molecule has 0 aliphatic heterocycles. The van der Waals surface area contributed by atoms with Crippen LogP contribution in [0, 0.1) is 10.1 Å². The minimum absolute atomic E-state index is 0.0710. The van der Waals surface area contributed by atoms with Gasteiger partial charge >= 0.3 is 0 Å². The van der Waals surface area contributed by atoms with Crippen LogP contribution in [0.4, 0.5) is 5.69 Å². The van der Waals surface area contributed by atoms with Crippen LogP contribution in [0.1, 0.15) is 31.4 Å². The van der Waals surface area contributed by atoms with Gasteiger partial charge < -0.3 is 5.73 Å². The fraction of sp³-hybridized carbons (Fsp3) is 0.462. The van der Waals surface area contributed by atoms with Crippen molar-refractivity contribution < 1.29 is 4.92 Å². The van der Waals surface area contributed by atoms with Crippen LogP contribution in [0.2, 0.25) is 0 Å². The number of unbranched alkanes of at least 4 members (excludes halogenated alkanes) is 1. The number of nitrogens with zero attached hydrogens (tertiary/aromatic N) is 2. The van der Waals surface area contributed by atoms with Crippen molar-refractivity contribution in [3.63, 3.8) is 0 Å². The molecule has 0 aromatic heterocycles. The van der Waals surface area contributed by atoms with Crippen LogP contribution in [0.15, 0.2) is 24.3 Å². The molecule has 104 valence electrons. The Morgan fingerprint density at radius 3 is 2.47 bits per heavy atom.